The minimum absolute atomic E-state index is 0.0551. The zero-order chi connectivity index (χ0) is 20.5. The summed E-state index contributed by atoms with van der Waals surface area (Å²) >= 11 is 1.11. The molecule has 146 valence electrons. The molecule has 0 saturated carbocycles. The van der Waals surface area contributed by atoms with Crippen LogP contribution in [0.4, 0.5) is 22.0 Å². The van der Waals surface area contributed by atoms with Gasteiger partial charge in [0.15, 0.2) is 0 Å². The molecule has 0 fully saturated rings. The molecule has 0 atom stereocenters. The van der Waals surface area contributed by atoms with Crippen LogP contribution in [0.2, 0.25) is 0 Å². The Morgan fingerprint density at radius 1 is 1.00 bits per heavy atom. The Bertz CT molecular complexity index is 985. The molecule has 0 bridgehead atoms. The summed E-state index contributed by atoms with van der Waals surface area (Å²) in [6, 6.07) is 10.1. The van der Waals surface area contributed by atoms with Gasteiger partial charge >= 0.3 is 6.18 Å². The monoisotopic (exact) mass is 411 g/mol. The Morgan fingerprint density at radius 3 is 2.18 bits per heavy atom. The first kappa shape index (κ1) is 20.0. The lowest BCUT2D eigenvalue weighted by atomic mass is 10.1. The van der Waals surface area contributed by atoms with Crippen molar-refractivity contribution < 1.29 is 26.7 Å². The van der Waals surface area contributed by atoms with Gasteiger partial charge in [-0.3, -0.25) is 4.79 Å². The summed E-state index contributed by atoms with van der Waals surface area (Å²) in [5, 5.41) is 2.57. The maximum absolute atomic E-state index is 13.6. The van der Waals surface area contributed by atoms with E-state index in [0.717, 1.165) is 35.6 Å². The molecular weight excluding hydrogens is 397 g/mol. The first-order valence-electron chi connectivity index (χ1n) is 8.15. The van der Waals surface area contributed by atoms with Crippen LogP contribution in [0, 0.1) is 18.6 Å². The molecule has 0 unspecified atom stereocenters. The van der Waals surface area contributed by atoms with Crippen molar-refractivity contribution in [2.45, 2.75) is 19.6 Å². The van der Waals surface area contributed by atoms with E-state index in [9.17, 15) is 26.7 Å². The normalized spacial score (nSPS) is 11.5. The minimum atomic E-state index is -4.41. The van der Waals surface area contributed by atoms with Gasteiger partial charge in [0.1, 0.15) is 11.6 Å². The molecular formula is C20H14F5NOS. The summed E-state index contributed by atoms with van der Waals surface area (Å²) in [7, 11) is 0. The molecule has 28 heavy (non-hydrogen) atoms. The molecule has 0 radical (unpaired) electrons. The predicted molar refractivity (Wildman–Crippen MR) is 97.0 cm³/mol. The lowest BCUT2D eigenvalue weighted by molar-refractivity contribution is -0.137. The molecule has 0 spiro atoms. The highest BCUT2D eigenvalue weighted by atomic mass is 32.1. The van der Waals surface area contributed by atoms with Crippen molar-refractivity contribution in [3.05, 3.63) is 81.7 Å². The first-order chi connectivity index (χ1) is 13.1. The zero-order valence-electron chi connectivity index (χ0n) is 14.5. The van der Waals surface area contributed by atoms with Crippen molar-refractivity contribution in [2.24, 2.45) is 0 Å². The third-order valence-corrected chi connectivity index (χ3v) is 5.25. The maximum atomic E-state index is 13.6. The van der Waals surface area contributed by atoms with Crippen LogP contribution < -0.4 is 5.32 Å². The van der Waals surface area contributed by atoms with E-state index in [4.69, 9.17) is 0 Å². The van der Waals surface area contributed by atoms with E-state index in [0.29, 0.717) is 15.3 Å². The summed E-state index contributed by atoms with van der Waals surface area (Å²) in [5.41, 5.74) is 0.00560. The van der Waals surface area contributed by atoms with E-state index in [-0.39, 0.29) is 17.7 Å². The third kappa shape index (κ3) is 4.39. The fraction of sp³-hybridized carbons (Fsp3) is 0.150. The Kier molecular flexibility index (Phi) is 5.51. The molecule has 1 N–H and O–H groups in total. The van der Waals surface area contributed by atoms with Crippen LogP contribution in [0.15, 0.2) is 48.5 Å². The summed E-state index contributed by atoms with van der Waals surface area (Å²) in [4.78, 5) is 13.2. The fourth-order valence-corrected chi connectivity index (χ4v) is 3.44. The number of alkyl halides is 3. The maximum Gasteiger partial charge on any atom is 0.416 e. The van der Waals surface area contributed by atoms with Crippen LogP contribution in [-0.2, 0) is 12.7 Å². The van der Waals surface area contributed by atoms with Crippen LogP contribution in [0.1, 0.15) is 26.4 Å². The highest BCUT2D eigenvalue weighted by molar-refractivity contribution is 7.17. The molecule has 0 saturated heterocycles. The van der Waals surface area contributed by atoms with Crippen LogP contribution in [-0.4, -0.2) is 5.91 Å². The summed E-state index contributed by atoms with van der Waals surface area (Å²) in [6.45, 7) is 1.27. The van der Waals surface area contributed by atoms with Gasteiger partial charge in [0.05, 0.1) is 10.4 Å². The number of hydrogen-bond acceptors (Lipinski definition) is 2. The van der Waals surface area contributed by atoms with Gasteiger partial charge in [0.2, 0.25) is 0 Å². The lowest BCUT2D eigenvalue weighted by Crippen LogP contribution is -2.22. The summed E-state index contributed by atoms with van der Waals surface area (Å²) in [5.74, 6) is -1.82. The van der Waals surface area contributed by atoms with Crippen molar-refractivity contribution in [3.63, 3.8) is 0 Å². The van der Waals surface area contributed by atoms with Gasteiger partial charge in [-0.15, -0.1) is 11.3 Å². The molecule has 1 amide bonds. The van der Waals surface area contributed by atoms with Gasteiger partial charge in [-0.2, -0.15) is 13.2 Å². The molecule has 3 aromatic rings. The molecule has 0 aliphatic heterocycles. The standard InChI is InChI=1S/C20H14F5NOS/c1-11-15(21)8-12(9-16(11)22)10-26-19(27)18-7-6-17(28-18)13-2-4-14(5-3-13)20(23,24)25/h2-9H,10H2,1H3,(H,26,27). The van der Waals surface area contributed by atoms with Gasteiger partial charge < -0.3 is 5.32 Å². The van der Waals surface area contributed by atoms with Crippen LogP contribution in [0.3, 0.4) is 0 Å². The second kappa shape index (κ2) is 7.71. The molecule has 2 aromatic carbocycles. The van der Waals surface area contributed by atoms with Crippen molar-refractivity contribution in [2.75, 3.05) is 0 Å². The Balaban J connectivity index is 1.69. The van der Waals surface area contributed by atoms with Crippen LogP contribution in [0.25, 0.3) is 10.4 Å². The Hall–Kier alpha value is -2.74. The number of hydrogen-bond donors (Lipinski definition) is 1. The first-order valence-corrected chi connectivity index (χ1v) is 8.97. The largest absolute Gasteiger partial charge is 0.416 e. The van der Waals surface area contributed by atoms with E-state index in [1.54, 1.807) is 12.1 Å². The number of rotatable bonds is 4. The number of amides is 1. The van der Waals surface area contributed by atoms with Crippen molar-refractivity contribution in [1.82, 2.24) is 5.32 Å². The topological polar surface area (TPSA) is 29.1 Å². The average molecular weight is 411 g/mol. The summed E-state index contributed by atoms with van der Waals surface area (Å²) in [6.07, 6.45) is -4.41. The quantitative estimate of drug-likeness (QED) is 0.528. The number of thiophene rings is 1. The van der Waals surface area contributed by atoms with Crippen LogP contribution >= 0.6 is 11.3 Å². The van der Waals surface area contributed by atoms with E-state index < -0.39 is 29.3 Å². The molecule has 8 heteroatoms. The van der Waals surface area contributed by atoms with Gasteiger partial charge in [0.25, 0.3) is 5.91 Å². The van der Waals surface area contributed by atoms with E-state index >= 15 is 0 Å². The van der Waals surface area contributed by atoms with Crippen molar-refractivity contribution in [1.29, 1.82) is 0 Å². The second-order valence-corrected chi connectivity index (χ2v) is 7.19. The summed E-state index contributed by atoms with van der Waals surface area (Å²) < 4.78 is 65.0. The van der Waals surface area contributed by atoms with Gasteiger partial charge in [0, 0.05) is 17.0 Å². The number of benzene rings is 2. The van der Waals surface area contributed by atoms with Crippen molar-refractivity contribution >= 4 is 17.2 Å². The third-order valence-electron chi connectivity index (χ3n) is 4.12. The zero-order valence-corrected chi connectivity index (χ0v) is 15.3. The Morgan fingerprint density at radius 2 is 1.61 bits per heavy atom. The second-order valence-electron chi connectivity index (χ2n) is 6.11. The molecule has 2 nitrogen and oxygen atoms in total. The predicted octanol–water partition coefficient (Wildman–Crippen LogP) is 5.95. The molecule has 0 aliphatic rings. The van der Waals surface area contributed by atoms with Crippen molar-refractivity contribution in [3.8, 4) is 10.4 Å². The highest BCUT2D eigenvalue weighted by Gasteiger charge is 2.30. The van der Waals surface area contributed by atoms with E-state index in [1.165, 1.54) is 19.1 Å². The highest BCUT2D eigenvalue weighted by Crippen LogP contribution is 2.33. The molecule has 3 rings (SSSR count). The van der Waals surface area contributed by atoms with Gasteiger partial charge in [-0.05, 0) is 54.4 Å². The van der Waals surface area contributed by atoms with Crippen LogP contribution in [0.5, 0.6) is 0 Å². The molecule has 1 aromatic heterocycles. The smallest absolute Gasteiger partial charge is 0.347 e. The fourth-order valence-electron chi connectivity index (χ4n) is 2.51. The lowest BCUT2D eigenvalue weighted by Gasteiger charge is -2.07. The molecule has 1 heterocycles. The number of halogens is 5. The minimum Gasteiger partial charge on any atom is -0.347 e. The van der Waals surface area contributed by atoms with Gasteiger partial charge in [-0.1, -0.05) is 12.1 Å². The average Bonchev–Trinajstić information content (AvgIpc) is 3.13. The number of carbonyl (C=O) groups excluding carboxylic acids is 1. The number of carbonyl (C=O) groups is 1. The Labute approximate surface area is 161 Å². The number of nitrogens with one attached hydrogen (secondary N) is 1. The molecule has 0 aliphatic carbocycles. The van der Waals surface area contributed by atoms with E-state index in [1.807, 2.05) is 0 Å². The van der Waals surface area contributed by atoms with Gasteiger partial charge in [-0.25, -0.2) is 8.78 Å². The van der Waals surface area contributed by atoms with E-state index in [2.05, 4.69) is 5.32 Å². The SMILES string of the molecule is Cc1c(F)cc(CNC(=O)c2ccc(-c3ccc(C(F)(F)F)cc3)s2)cc1F.